The maximum absolute atomic E-state index is 10.1. The van der Waals surface area contributed by atoms with Crippen LogP contribution in [0.5, 0.6) is 0 Å². The molecule has 0 spiro atoms. The Morgan fingerprint density at radius 2 is 1.12 bits per heavy atom. The summed E-state index contributed by atoms with van der Waals surface area (Å²) in [4.78, 5) is 10.1. The second-order valence-corrected chi connectivity index (χ2v) is 2.76. The van der Waals surface area contributed by atoms with E-state index in [-0.39, 0.29) is 0 Å². The van der Waals surface area contributed by atoms with E-state index in [9.17, 15) is 4.79 Å². The standard InChI is InChI=1S/C14H16O2/c1-2-3-4-5-6-7-8-9-10-11-12-13-14(15)16/h2-13H,1H3,(H,15,16). The lowest BCUT2D eigenvalue weighted by Crippen LogP contribution is -1.84. The van der Waals surface area contributed by atoms with Crippen molar-refractivity contribution in [2.45, 2.75) is 6.92 Å². The number of hydrogen-bond acceptors (Lipinski definition) is 1. The minimum Gasteiger partial charge on any atom is -0.478 e. The first-order valence-electron chi connectivity index (χ1n) is 4.96. The van der Waals surface area contributed by atoms with Crippen LogP contribution in [0.25, 0.3) is 0 Å². The first-order valence-corrected chi connectivity index (χ1v) is 4.96. The van der Waals surface area contributed by atoms with Crippen molar-refractivity contribution in [3.8, 4) is 0 Å². The summed E-state index contributed by atoms with van der Waals surface area (Å²) >= 11 is 0. The van der Waals surface area contributed by atoms with Crippen LogP contribution < -0.4 is 0 Å². The summed E-state index contributed by atoms with van der Waals surface area (Å²) in [6.45, 7) is 1.96. The molecule has 2 nitrogen and oxygen atoms in total. The highest BCUT2D eigenvalue weighted by Crippen LogP contribution is 1.84. The molecule has 0 rings (SSSR count). The summed E-state index contributed by atoms with van der Waals surface area (Å²) in [5.41, 5.74) is 0. The zero-order valence-corrected chi connectivity index (χ0v) is 9.28. The zero-order chi connectivity index (χ0) is 12.1. The first kappa shape index (κ1) is 13.9. The van der Waals surface area contributed by atoms with E-state index in [1.54, 1.807) is 12.2 Å². The van der Waals surface area contributed by atoms with Crippen molar-refractivity contribution in [3.05, 3.63) is 72.9 Å². The lowest BCUT2D eigenvalue weighted by atomic mass is 10.3. The van der Waals surface area contributed by atoms with Gasteiger partial charge in [-0.25, -0.2) is 4.79 Å². The van der Waals surface area contributed by atoms with E-state index < -0.39 is 5.97 Å². The minimum absolute atomic E-state index is 0.942. The van der Waals surface area contributed by atoms with E-state index in [1.165, 1.54) is 6.08 Å². The average molecular weight is 216 g/mol. The van der Waals surface area contributed by atoms with Gasteiger partial charge in [-0.2, -0.15) is 0 Å². The molecule has 16 heavy (non-hydrogen) atoms. The van der Waals surface area contributed by atoms with E-state index in [0.717, 1.165) is 6.08 Å². The Hall–Kier alpha value is -2.09. The molecule has 0 fully saturated rings. The second kappa shape index (κ2) is 11.0. The molecule has 0 amide bonds. The number of carbonyl (C=O) groups is 1. The van der Waals surface area contributed by atoms with Crippen molar-refractivity contribution in [1.29, 1.82) is 0 Å². The number of aliphatic carboxylic acids is 1. The van der Waals surface area contributed by atoms with Gasteiger partial charge in [0.25, 0.3) is 0 Å². The van der Waals surface area contributed by atoms with E-state index in [2.05, 4.69) is 0 Å². The fourth-order valence-electron chi connectivity index (χ4n) is 0.762. The molecule has 0 heterocycles. The molecule has 0 aliphatic carbocycles. The lowest BCUT2D eigenvalue weighted by molar-refractivity contribution is -0.131. The molecule has 0 unspecified atom stereocenters. The highest BCUT2D eigenvalue weighted by molar-refractivity contribution is 5.80. The SMILES string of the molecule is CC=CC=CC=CC=CC=CC=CC(=O)O. The number of allylic oxidation sites excluding steroid dienone is 11. The Morgan fingerprint density at radius 1 is 0.750 bits per heavy atom. The number of carboxylic acids is 1. The predicted molar refractivity (Wildman–Crippen MR) is 68.1 cm³/mol. The molecule has 0 aromatic heterocycles. The van der Waals surface area contributed by atoms with Crippen molar-refractivity contribution in [2.24, 2.45) is 0 Å². The summed E-state index contributed by atoms with van der Waals surface area (Å²) in [5, 5.41) is 8.29. The molecule has 0 aliphatic rings. The monoisotopic (exact) mass is 216 g/mol. The molecule has 2 heteroatoms. The van der Waals surface area contributed by atoms with Gasteiger partial charge in [0.15, 0.2) is 0 Å². The summed E-state index contributed by atoms with van der Waals surface area (Å²) < 4.78 is 0. The molecular weight excluding hydrogens is 200 g/mol. The van der Waals surface area contributed by atoms with Crippen LogP contribution in [0.4, 0.5) is 0 Å². The minimum atomic E-state index is -0.942. The maximum Gasteiger partial charge on any atom is 0.328 e. The van der Waals surface area contributed by atoms with E-state index in [0.29, 0.717) is 0 Å². The molecule has 1 N–H and O–H groups in total. The summed E-state index contributed by atoms with van der Waals surface area (Å²) in [6, 6.07) is 0. The van der Waals surface area contributed by atoms with Crippen LogP contribution in [0.15, 0.2) is 72.9 Å². The van der Waals surface area contributed by atoms with Gasteiger partial charge in [-0.3, -0.25) is 0 Å². The third kappa shape index (κ3) is 11.9. The van der Waals surface area contributed by atoms with Gasteiger partial charge < -0.3 is 5.11 Å². The van der Waals surface area contributed by atoms with Crippen molar-refractivity contribution in [2.75, 3.05) is 0 Å². The van der Waals surface area contributed by atoms with Crippen molar-refractivity contribution in [3.63, 3.8) is 0 Å². The van der Waals surface area contributed by atoms with Crippen molar-refractivity contribution in [1.82, 2.24) is 0 Å². The molecule has 0 atom stereocenters. The Kier molecular flexibility index (Phi) is 9.55. The smallest absolute Gasteiger partial charge is 0.328 e. The highest BCUT2D eigenvalue weighted by Gasteiger charge is 1.78. The molecular formula is C14H16O2. The molecule has 0 saturated heterocycles. The van der Waals surface area contributed by atoms with Gasteiger partial charge >= 0.3 is 5.97 Å². The molecule has 84 valence electrons. The molecule has 0 radical (unpaired) electrons. The number of carboxylic acid groups (broad SMARTS) is 1. The summed E-state index contributed by atoms with van der Waals surface area (Å²) in [7, 11) is 0. The Balaban J connectivity index is 3.81. The summed E-state index contributed by atoms with van der Waals surface area (Å²) in [6.07, 6.45) is 21.3. The van der Waals surface area contributed by atoms with Crippen LogP contribution in [0.1, 0.15) is 6.92 Å². The number of hydrogen-bond donors (Lipinski definition) is 1. The topological polar surface area (TPSA) is 37.3 Å². The van der Waals surface area contributed by atoms with E-state index in [4.69, 9.17) is 5.11 Å². The van der Waals surface area contributed by atoms with Gasteiger partial charge in [0.2, 0.25) is 0 Å². The lowest BCUT2D eigenvalue weighted by Gasteiger charge is -1.75. The zero-order valence-electron chi connectivity index (χ0n) is 9.28. The van der Waals surface area contributed by atoms with Crippen molar-refractivity contribution >= 4 is 5.97 Å². The van der Waals surface area contributed by atoms with Crippen LogP contribution in [0.2, 0.25) is 0 Å². The number of rotatable bonds is 6. The van der Waals surface area contributed by atoms with Gasteiger partial charge in [0, 0.05) is 6.08 Å². The Bertz CT molecular complexity index is 353. The average Bonchev–Trinajstić information content (AvgIpc) is 2.25. The summed E-state index contributed by atoms with van der Waals surface area (Å²) in [5.74, 6) is -0.942. The van der Waals surface area contributed by atoms with Crippen LogP contribution in [-0.2, 0) is 4.79 Å². The first-order chi connectivity index (χ1) is 7.77. The quantitative estimate of drug-likeness (QED) is 0.545. The fraction of sp³-hybridized carbons (Fsp3) is 0.0714. The van der Waals surface area contributed by atoms with Crippen LogP contribution in [-0.4, -0.2) is 11.1 Å². The Morgan fingerprint density at radius 3 is 1.50 bits per heavy atom. The molecule has 0 aromatic carbocycles. The molecule has 0 bridgehead atoms. The van der Waals surface area contributed by atoms with E-state index >= 15 is 0 Å². The van der Waals surface area contributed by atoms with Crippen LogP contribution >= 0.6 is 0 Å². The van der Waals surface area contributed by atoms with Crippen LogP contribution in [0.3, 0.4) is 0 Å². The van der Waals surface area contributed by atoms with Gasteiger partial charge in [-0.15, -0.1) is 0 Å². The maximum atomic E-state index is 10.1. The molecule has 0 saturated carbocycles. The largest absolute Gasteiger partial charge is 0.478 e. The third-order valence-electron chi connectivity index (χ3n) is 1.43. The molecule has 0 aromatic rings. The van der Waals surface area contributed by atoms with Crippen molar-refractivity contribution < 1.29 is 9.90 Å². The fourth-order valence-corrected chi connectivity index (χ4v) is 0.762. The highest BCUT2D eigenvalue weighted by atomic mass is 16.4. The van der Waals surface area contributed by atoms with Gasteiger partial charge in [0.05, 0.1) is 0 Å². The normalized spacial score (nSPS) is 13.6. The molecule has 0 aliphatic heterocycles. The van der Waals surface area contributed by atoms with Crippen LogP contribution in [0, 0.1) is 0 Å². The third-order valence-corrected chi connectivity index (χ3v) is 1.43. The Labute approximate surface area is 96.3 Å². The van der Waals surface area contributed by atoms with E-state index in [1.807, 2.05) is 55.5 Å². The predicted octanol–water partition coefficient (Wildman–Crippen LogP) is 3.43. The second-order valence-electron chi connectivity index (χ2n) is 2.76. The van der Waals surface area contributed by atoms with Gasteiger partial charge in [-0.1, -0.05) is 66.8 Å². The van der Waals surface area contributed by atoms with Gasteiger partial charge in [-0.05, 0) is 6.92 Å². The van der Waals surface area contributed by atoms with Gasteiger partial charge in [0.1, 0.15) is 0 Å².